The van der Waals surface area contributed by atoms with Crippen molar-refractivity contribution in [1.29, 1.82) is 0 Å². The second-order valence-electron chi connectivity index (χ2n) is 3.97. The van der Waals surface area contributed by atoms with Gasteiger partial charge in [0.15, 0.2) is 0 Å². The summed E-state index contributed by atoms with van der Waals surface area (Å²) in [4.78, 5) is 10.2. The number of benzene rings is 2. The minimum atomic E-state index is -0.440. The lowest BCUT2D eigenvalue weighted by Gasteiger charge is -1.98. The molecule has 2 rings (SSSR count). The first-order valence-corrected chi connectivity index (χ1v) is 6.01. The van der Waals surface area contributed by atoms with Crippen LogP contribution < -0.4 is 5.43 Å². The first-order chi connectivity index (χ1) is 9.75. The van der Waals surface area contributed by atoms with Crippen LogP contribution in [0, 0.1) is 10.1 Å². The van der Waals surface area contributed by atoms with Crippen molar-refractivity contribution >= 4 is 23.7 Å². The maximum absolute atomic E-state index is 10.6. The topological polar surface area (TPSA) is 67.5 Å². The fourth-order valence-corrected chi connectivity index (χ4v) is 1.56. The smallest absolute Gasteiger partial charge is 0.271 e. The van der Waals surface area contributed by atoms with Crippen molar-refractivity contribution in [3.63, 3.8) is 0 Å². The van der Waals surface area contributed by atoms with Gasteiger partial charge in [-0.15, -0.1) is 0 Å². The van der Waals surface area contributed by atoms with Crippen LogP contribution >= 0.6 is 0 Å². The molecule has 0 spiro atoms. The van der Waals surface area contributed by atoms with Crippen LogP contribution in [0.1, 0.15) is 5.56 Å². The van der Waals surface area contributed by atoms with E-state index >= 15 is 0 Å². The van der Waals surface area contributed by atoms with Gasteiger partial charge in [-0.2, -0.15) is 5.10 Å². The zero-order chi connectivity index (χ0) is 14.2. The van der Waals surface area contributed by atoms with Gasteiger partial charge in [-0.25, -0.2) is 0 Å². The van der Waals surface area contributed by atoms with E-state index in [1.807, 2.05) is 36.4 Å². The fourth-order valence-electron chi connectivity index (χ4n) is 1.56. The molecule has 0 aromatic heterocycles. The molecule has 0 fully saturated rings. The molecule has 5 nitrogen and oxygen atoms in total. The molecule has 20 heavy (non-hydrogen) atoms. The van der Waals surface area contributed by atoms with Crippen LogP contribution in [0.15, 0.2) is 65.8 Å². The van der Waals surface area contributed by atoms with Crippen LogP contribution in [0.4, 0.5) is 11.4 Å². The third kappa shape index (κ3) is 4.06. The summed E-state index contributed by atoms with van der Waals surface area (Å²) in [7, 11) is 0. The van der Waals surface area contributed by atoms with E-state index in [4.69, 9.17) is 0 Å². The highest BCUT2D eigenvalue weighted by Gasteiger charge is 2.04. The van der Waals surface area contributed by atoms with Gasteiger partial charge in [-0.1, -0.05) is 42.5 Å². The number of rotatable bonds is 5. The van der Waals surface area contributed by atoms with E-state index < -0.39 is 4.92 Å². The molecular formula is C15H13N3O2. The van der Waals surface area contributed by atoms with Gasteiger partial charge in [0, 0.05) is 18.3 Å². The molecule has 0 saturated carbocycles. The molecule has 5 heteroatoms. The van der Waals surface area contributed by atoms with Gasteiger partial charge in [0.2, 0.25) is 0 Å². The summed E-state index contributed by atoms with van der Waals surface area (Å²) in [6.45, 7) is 0. The Morgan fingerprint density at radius 2 is 1.90 bits per heavy atom. The normalized spacial score (nSPS) is 11.0. The van der Waals surface area contributed by atoms with Crippen LogP contribution in [0.3, 0.4) is 0 Å². The Hall–Kier alpha value is -2.95. The molecule has 0 aliphatic carbocycles. The maximum Gasteiger partial charge on any atom is 0.271 e. The number of hydrazone groups is 1. The van der Waals surface area contributed by atoms with E-state index in [0.717, 1.165) is 5.56 Å². The van der Waals surface area contributed by atoms with E-state index in [1.54, 1.807) is 24.4 Å². The molecule has 0 bridgehead atoms. The Labute approximate surface area is 116 Å². The summed E-state index contributed by atoms with van der Waals surface area (Å²) < 4.78 is 0. The summed E-state index contributed by atoms with van der Waals surface area (Å²) in [5.74, 6) is 0. The van der Waals surface area contributed by atoms with Gasteiger partial charge in [-0.3, -0.25) is 15.5 Å². The third-order valence-electron chi connectivity index (χ3n) is 2.50. The van der Waals surface area contributed by atoms with Gasteiger partial charge in [0.1, 0.15) is 0 Å². The van der Waals surface area contributed by atoms with Crippen molar-refractivity contribution < 1.29 is 4.92 Å². The first-order valence-electron chi connectivity index (χ1n) is 6.01. The van der Waals surface area contributed by atoms with Crippen molar-refractivity contribution in [3.8, 4) is 0 Å². The quantitative estimate of drug-likeness (QED) is 0.510. The Kier molecular flexibility index (Phi) is 4.61. The Bertz CT molecular complexity index is 637. The number of nitro groups is 1. The summed E-state index contributed by atoms with van der Waals surface area (Å²) in [6.07, 6.45) is 5.30. The fraction of sp³-hybridized carbons (Fsp3) is 0. The second kappa shape index (κ2) is 6.84. The summed E-state index contributed by atoms with van der Waals surface area (Å²) >= 11 is 0. The maximum atomic E-state index is 10.6. The highest BCUT2D eigenvalue weighted by molar-refractivity contribution is 5.78. The molecule has 0 atom stereocenters. The number of hydrogen-bond donors (Lipinski definition) is 1. The number of nitrogens with one attached hydrogen (secondary N) is 1. The van der Waals surface area contributed by atoms with E-state index in [9.17, 15) is 10.1 Å². The van der Waals surface area contributed by atoms with Gasteiger partial charge >= 0.3 is 0 Å². The molecule has 1 N–H and O–H groups in total. The SMILES string of the molecule is O=[N+]([O-])c1cccc(N/N=C/C=C/c2ccccc2)c1. The zero-order valence-corrected chi connectivity index (χ0v) is 10.6. The molecule has 100 valence electrons. The molecule has 0 aliphatic heterocycles. The summed E-state index contributed by atoms with van der Waals surface area (Å²) in [5.41, 5.74) is 4.42. The molecule has 0 amide bonds. The number of hydrogen-bond acceptors (Lipinski definition) is 4. The van der Waals surface area contributed by atoms with Crippen LogP contribution in [0.5, 0.6) is 0 Å². The predicted octanol–water partition coefficient (Wildman–Crippen LogP) is 3.71. The van der Waals surface area contributed by atoms with Crippen LogP contribution in [0.2, 0.25) is 0 Å². The monoisotopic (exact) mass is 267 g/mol. The molecule has 2 aromatic carbocycles. The van der Waals surface area contributed by atoms with Crippen molar-refractivity contribution in [3.05, 3.63) is 76.4 Å². The van der Waals surface area contributed by atoms with Crippen molar-refractivity contribution in [1.82, 2.24) is 0 Å². The number of nitro benzene ring substituents is 1. The van der Waals surface area contributed by atoms with E-state index in [1.165, 1.54) is 12.1 Å². The molecule has 0 unspecified atom stereocenters. The number of anilines is 1. The lowest BCUT2D eigenvalue weighted by molar-refractivity contribution is -0.384. The second-order valence-corrected chi connectivity index (χ2v) is 3.97. The first kappa shape index (κ1) is 13.5. The Morgan fingerprint density at radius 1 is 1.10 bits per heavy atom. The number of non-ortho nitro benzene ring substituents is 1. The Morgan fingerprint density at radius 3 is 2.65 bits per heavy atom. The van der Waals surface area contributed by atoms with Crippen molar-refractivity contribution in [2.75, 3.05) is 5.43 Å². The summed E-state index contributed by atoms with van der Waals surface area (Å²) in [6, 6.07) is 16.0. The van der Waals surface area contributed by atoms with E-state index in [2.05, 4.69) is 10.5 Å². The Balaban J connectivity index is 1.92. The van der Waals surface area contributed by atoms with Crippen LogP contribution in [-0.4, -0.2) is 11.1 Å². The standard InChI is InChI=1S/C15H13N3O2/c19-18(20)15-10-4-9-14(12-15)17-16-11-5-8-13-6-2-1-3-7-13/h1-12,17H/b8-5+,16-11+. The lowest BCUT2D eigenvalue weighted by atomic mass is 10.2. The van der Waals surface area contributed by atoms with Gasteiger partial charge in [-0.05, 0) is 17.7 Å². The largest absolute Gasteiger partial charge is 0.278 e. The van der Waals surface area contributed by atoms with Gasteiger partial charge in [0.25, 0.3) is 5.69 Å². The summed E-state index contributed by atoms with van der Waals surface area (Å²) in [5, 5.41) is 14.6. The molecule has 0 aliphatic rings. The minimum Gasteiger partial charge on any atom is -0.278 e. The number of nitrogens with zero attached hydrogens (tertiary/aromatic N) is 2. The molecule has 0 heterocycles. The van der Waals surface area contributed by atoms with Crippen molar-refractivity contribution in [2.45, 2.75) is 0 Å². The van der Waals surface area contributed by atoms with Crippen LogP contribution in [-0.2, 0) is 0 Å². The van der Waals surface area contributed by atoms with Gasteiger partial charge < -0.3 is 0 Å². The number of allylic oxidation sites excluding steroid dienone is 1. The van der Waals surface area contributed by atoms with E-state index in [0.29, 0.717) is 5.69 Å². The lowest BCUT2D eigenvalue weighted by Crippen LogP contribution is -1.91. The highest BCUT2D eigenvalue weighted by atomic mass is 16.6. The van der Waals surface area contributed by atoms with E-state index in [-0.39, 0.29) is 5.69 Å². The minimum absolute atomic E-state index is 0.0324. The molecule has 0 saturated heterocycles. The molecule has 0 radical (unpaired) electrons. The highest BCUT2D eigenvalue weighted by Crippen LogP contribution is 2.16. The van der Waals surface area contributed by atoms with Gasteiger partial charge in [0.05, 0.1) is 10.6 Å². The third-order valence-corrected chi connectivity index (χ3v) is 2.50. The van der Waals surface area contributed by atoms with Crippen molar-refractivity contribution in [2.24, 2.45) is 5.10 Å². The molecule has 2 aromatic rings. The zero-order valence-electron chi connectivity index (χ0n) is 10.6. The average molecular weight is 267 g/mol. The average Bonchev–Trinajstić information content (AvgIpc) is 2.48. The predicted molar refractivity (Wildman–Crippen MR) is 80.7 cm³/mol. The molecular weight excluding hydrogens is 254 g/mol. The van der Waals surface area contributed by atoms with Crippen LogP contribution in [0.25, 0.3) is 6.08 Å².